The van der Waals surface area contributed by atoms with Crippen molar-refractivity contribution in [2.75, 3.05) is 0 Å². The Morgan fingerprint density at radius 1 is 1.06 bits per heavy atom. The van der Waals surface area contributed by atoms with Crippen LogP contribution in [-0.2, 0) is 24.8 Å². The predicted octanol–water partition coefficient (Wildman–Crippen LogP) is 5.14. The van der Waals surface area contributed by atoms with E-state index in [0.29, 0.717) is 11.7 Å². The van der Waals surface area contributed by atoms with Crippen molar-refractivity contribution in [3.05, 3.63) is 59.3 Å². The summed E-state index contributed by atoms with van der Waals surface area (Å²) >= 11 is 0. The molecule has 0 aliphatic carbocycles. The molecule has 0 fully saturated rings. The summed E-state index contributed by atoms with van der Waals surface area (Å²) in [6.07, 6.45) is 6.24. The Labute approximate surface area is 201 Å². The van der Waals surface area contributed by atoms with Crippen molar-refractivity contribution in [2.24, 2.45) is 5.92 Å². The van der Waals surface area contributed by atoms with Crippen LogP contribution >= 0.6 is 0 Å². The lowest BCUT2D eigenvalue weighted by molar-refractivity contribution is 0.591. The maximum Gasteiger partial charge on any atom is 0.196 e. The third-order valence-corrected chi connectivity index (χ3v) is 5.95. The molecule has 0 spiro atoms. The molecule has 3 aromatic heterocycles. The van der Waals surface area contributed by atoms with Crippen molar-refractivity contribution in [1.29, 1.82) is 0 Å². The lowest BCUT2D eigenvalue weighted by Crippen LogP contribution is -2.13. The monoisotopic (exact) mass is 460 g/mol. The number of nitrogens with one attached hydrogen (secondary N) is 1. The SMILES string of the molecule is CCCCc1nc(CC(C)C)nn1Cc1ccc(-n2ccc(C(C)(C)C)c2-c2nnn[nH]2)cc1. The van der Waals surface area contributed by atoms with Gasteiger partial charge in [0.2, 0.25) is 0 Å². The molecule has 0 aliphatic heterocycles. The molecule has 4 aromatic rings. The molecule has 0 bridgehead atoms. The van der Waals surface area contributed by atoms with Gasteiger partial charge >= 0.3 is 0 Å². The zero-order valence-electron chi connectivity index (χ0n) is 21.2. The van der Waals surface area contributed by atoms with E-state index in [0.717, 1.165) is 55.3 Å². The second-order valence-electron chi connectivity index (χ2n) is 10.4. The Hall–Kier alpha value is -3.29. The molecule has 0 unspecified atom stereocenters. The van der Waals surface area contributed by atoms with Crippen molar-refractivity contribution in [1.82, 2.24) is 40.0 Å². The highest BCUT2D eigenvalue weighted by molar-refractivity contribution is 5.62. The van der Waals surface area contributed by atoms with Gasteiger partial charge in [-0.15, -0.1) is 5.10 Å². The minimum atomic E-state index is -0.0387. The van der Waals surface area contributed by atoms with E-state index in [1.807, 2.05) is 0 Å². The topological polar surface area (TPSA) is 90.1 Å². The first kappa shape index (κ1) is 23.9. The average Bonchev–Trinajstić information content (AvgIpc) is 3.51. The predicted molar refractivity (Wildman–Crippen MR) is 134 cm³/mol. The van der Waals surface area contributed by atoms with Gasteiger partial charge in [0.1, 0.15) is 5.82 Å². The average molecular weight is 461 g/mol. The summed E-state index contributed by atoms with van der Waals surface area (Å²) < 4.78 is 4.23. The first-order valence-electron chi connectivity index (χ1n) is 12.2. The summed E-state index contributed by atoms with van der Waals surface area (Å²) in [6.45, 7) is 14.0. The number of aromatic nitrogens is 8. The van der Waals surface area contributed by atoms with Gasteiger partial charge in [0.25, 0.3) is 0 Å². The summed E-state index contributed by atoms with van der Waals surface area (Å²) in [5.41, 5.74) is 4.41. The Morgan fingerprint density at radius 2 is 1.82 bits per heavy atom. The lowest BCUT2D eigenvalue weighted by Gasteiger charge is -2.20. The Kier molecular flexibility index (Phi) is 6.95. The molecule has 8 nitrogen and oxygen atoms in total. The minimum absolute atomic E-state index is 0.0387. The quantitative estimate of drug-likeness (QED) is 0.374. The summed E-state index contributed by atoms with van der Waals surface area (Å²) in [4.78, 5) is 4.84. The van der Waals surface area contributed by atoms with Gasteiger partial charge in [-0.05, 0) is 57.5 Å². The molecular formula is C26H36N8. The van der Waals surface area contributed by atoms with Gasteiger partial charge in [0.15, 0.2) is 11.6 Å². The van der Waals surface area contributed by atoms with Gasteiger partial charge < -0.3 is 4.57 Å². The Balaban J connectivity index is 1.62. The van der Waals surface area contributed by atoms with E-state index in [2.05, 4.69) is 108 Å². The molecule has 0 atom stereocenters. The van der Waals surface area contributed by atoms with Crippen molar-refractivity contribution >= 4 is 0 Å². The molecule has 0 radical (unpaired) electrons. The number of nitrogens with zero attached hydrogens (tertiary/aromatic N) is 7. The molecule has 0 amide bonds. The van der Waals surface area contributed by atoms with E-state index >= 15 is 0 Å². The van der Waals surface area contributed by atoms with E-state index in [4.69, 9.17) is 10.1 Å². The molecule has 0 aliphatic rings. The minimum Gasteiger partial charge on any atom is -0.313 e. The molecule has 1 N–H and O–H groups in total. The smallest absolute Gasteiger partial charge is 0.196 e. The van der Waals surface area contributed by atoms with Crippen molar-refractivity contribution < 1.29 is 0 Å². The molecule has 34 heavy (non-hydrogen) atoms. The number of tetrazole rings is 1. The van der Waals surface area contributed by atoms with Crippen LogP contribution in [0, 0.1) is 5.92 Å². The highest BCUT2D eigenvalue weighted by atomic mass is 15.5. The molecule has 0 saturated carbocycles. The van der Waals surface area contributed by atoms with E-state index in [1.54, 1.807) is 0 Å². The fourth-order valence-electron chi connectivity index (χ4n) is 4.21. The van der Waals surface area contributed by atoms with Crippen LogP contribution in [0.2, 0.25) is 0 Å². The number of aryl methyl sites for hydroxylation is 1. The maximum atomic E-state index is 4.84. The first-order chi connectivity index (χ1) is 16.3. The maximum absolute atomic E-state index is 4.84. The first-order valence-corrected chi connectivity index (χ1v) is 12.2. The summed E-state index contributed by atoms with van der Waals surface area (Å²) in [6, 6.07) is 10.8. The van der Waals surface area contributed by atoms with Crippen LogP contribution < -0.4 is 0 Å². The second kappa shape index (κ2) is 9.91. The second-order valence-corrected chi connectivity index (χ2v) is 10.4. The highest BCUT2D eigenvalue weighted by Gasteiger charge is 2.24. The fourth-order valence-corrected chi connectivity index (χ4v) is 4.21. The van der Waals surface area contributed by atoms with Gasteiger partial charge in [-0.2, -0.15) is 5.10 Å². The molecule has 0 saturated heterocycles. The largest absolute Gasteiger partial charge is 0.313 e. The van der Waals surface area contributed by atoms with Crippen LogP contribution in [0.5, 0.6) is 0 Å². The van der Waals surface area contributed by atoms with Gasteiger partial charge in [-0.1, -0.05) is 60.1 Å². The van der Waals surface area contributed by atoms with E-state index in [1.165, 1.54) is 11.1 Å². The molecule has 3 heterocycles. The van der Waals surface area contributed by atoms with Crippen LogP contribution in [-0.4, -0.2) is 40.0 Å². The van der Waals surface area contributed by atoms with Gasteiger partial charge in [-0.25, -0.2) is 14.8 Å². The highest BCUT2D eigenvalue weighted by Crippen LogP contribution is 2.34. The molecule has 4 rings (SSSR count). The number of benzene rings is 1. The number of hydrogen-bond acceptors (Lipinski definition) is 5. The zero-order valence-corrected chi connectivity index (χ0v) is 21.2. The number of unbranched alkanes of at least 4 members (excludes halogenated alkanes) is 1. The molecule has 180 valence electrons. The number of rotatable bonds is 9. The molecule has 1 aromatic carbocycles. The third kappa shape index (κ3) is 5.26. The number of H-pyrrole nitrogens is 1. The normalized spacial score (nSPS) is 12.1. The van der Waals surface area contributed by atoms with E-state index in [9.17, 15) is 0 Å². The van der Waals surface area contributed by atoms with Crippen LogP contribution in [0.3, 0.4) is 0 Å². The summed E-state index contributed by atoms with van der Waals surface area (Å²) in [7, 11) is 0. The third-order valence-electron chi connectivity index (χ3n) is 5.95. The van der Waals surface area contributed by atoms with Crippen molar-refractivity contribution in [2.45, 2.75) is 79.2 Å². The van der Waals surface area contributed by atoms with Crippen LogP contribution in [0.4, 0.5) is 0 Å². The van der Waals surface area contributed by atoms with E-state index in [-0.39, 0.29) is 5.41 Å². The van der Waals surface area contributed by atoms with Crippen molar-refractivity contribution in [3.63, 3.8) is 0 Å². The Morgan fingerprint density at radius 3 is 2.44 bits per heavy atom. The van der Waals surface area contributed by atoms with Crippen LogP contribution in [0.1, 0.15) is 77.2 Å². The molecular weight excluding hydrogens is 424 g/mol. The summed E-state index contributed by atoms with van der Waals surface area (Å²) in [5, 5.41) is 19.6. The van der Waals surface area contributed by atoms with Crippen molar-refractivity contribution in [3.8, 4) is 17.2 Å². The van der Waals surface area contributed by atoms with Crippen LogP contribution in [0.15, 0.2) is 36.5 Å². The summed E-state index contributed by atoms with van der Waals surface area (Å²) in [5.74, 6) is 3.24. The van der Waals surface area contributed by atoms with Gasteiger partial charge in [0, 0.05) is 24.7 Å². The lowest BCUT2D eigenvalue weighted by atomic mass is 9.87. The standard InChI is InChI=1S/C26H36N8/c1-7-8-9-23-27-22(16-18(2)3)30-34(23)17-19-10-12-20(13-11-19)33-15-14-21(26(4,5)6)24(33)25-28-31-32-29-25/h10-15,18H,7-9,16-17H2,1-6H3,(H,28,29,31,32). The van der Waals surface area contributed by atoms with Gasteiger partial charge in [-0.3, -0.25) is 0 Å². The number of aromatic amines is 1. The van der Waals surface area contributed by atoms with Crippen LogP contribution in [0.25, 0.3) is 17.2 Å². The zero-order chi connectivity index (χ0) is 24.3. The Bertz CT molecular complexity index is 1190. The molecule has 8 heteroatoms. The fraction of sp³-hybridized carbons (Fsp3) is 0.500. The van der Waals surface area contributed by atoms with Gasteiger partial charge in [0.05, 0.1) is 12.2 Å². The number of hydrogen-bond donors (Lipinski definition) is 1. The van der Waals surface area contributed by atoms with E-state index < -0.39 is 0 Å².